The Hall–Kier alpha value is -2.72. The van der Waals surface area contributed by atoms with Gasteiger partial charge < -0.3 is 5.11 Å². The zero-order valence-corrected chi connectivity index (χ0v) is 21.1. The smallest absolute Gasteiger partial charge is 0.303 e. The topological polar surface area (TPSA) is 96.4 Å². The molecule has 0 aliphatic heterocycles. The van der Waals surface area contributed by atoms with Gasteiger partial charge in [-0.2, -0.15) is 0 Å². The Morgan fingerprint density at radius 2 is 1.88 bits per heavy atom. The second-order valence-electron chi connectivity index (χ2n) is 7.40. The third kappa shape index (κ3) is 6.64. The van der Waals surface area contributed by atoms with Crippen LogP contribution >= 0.6 is 22.6 Å². The van der Waals surface area contributed by atoms with Crippen molar-refractivity contribution in [1.29, 1.82) is 0 Å². The molecule has 1 heterocycles. The standard InChI is InChI=1S/C25H25IN2O4S/c1-2-18-7-5-10-23(25(18)28-33(31,32)21-14-12-20(26)13-15-21)22(9-3-4-11-24(29)30)19-8-6-16-27-17-19/h5-10,12-17,28H,2-4,11H2,1H3,(H,29,30)/b22-9-. The fourth-order valence-corrected chi connectivity index (χ4v) is 4.93. The number of unbranched alkanes of at least 4 members (excludes halogenated alkanes) is 1. The highest BCUT2D eigenvalue weighted by Gasteiger charge is 2.20. The molecule has 1 aromatic heterocycles. The molecular weight excluding hydrogens is 551 g/mol. The minimum absolute atomic E-state index is 0.0676. The molecule has 0 saturated carbocycles. The summed E-state index contributed by atoms with van der Waals surface area (Å²) < 4.78 is 30.2. The molecule has 8 heteroatoms. The maximum absolute atomic E-state index is 13.2. The molecule has 0 unspecified atom stereocenters. The minimum atomic E-state index is -3.81. The molecule has 0 spiro atoms. The van der Waals surface area contributed by atoms with Crippen molar-refractivity contribution in [1.82, 2.24) is 4.98 Å². The van der Waals surface area contributed by atoms with Gasteiger partial charge in [-0.15, -0.1) is 0 Å². The molecule has 0 radical (unpaired) electrons. The molecule has 0 aliphatic carbocycles. The molecule has 0 atom stereocenters. The summed E-state index contributed by atoms with van der Waals surface area (Å²) in [6, 6.07) is 16.1. The number of aliphatic carboxylic acids is 1. The van der Waals surface area contributed by atoms with E-state index in [1.54, 1.807) is 36.7 Å². The number of aromatic nitrogens is 1. The average molecular weight is 576 g/mol. The van der Waals surface area contributed by atoms with Gasteiger partial charge in [0.1, 0.15) is 0 Å². The van der Waals surface area contributed by atoms with Crippen LogP contribution in [0.15, 0.2) is 78.0 Å². The first kappa shape index (κ1) is 24.9. The number of halogens is 1. The Labute approximate surface area is 208 Å². The third-order valence-corrected chi connectivity index (χ3v) is 7.18. The predicted molar refractivity (Wildman–Crippen MR) is 139 cm³/mol. The second kappa shape index (κ2) is 11.4. The molecule has 6 nitrogen and oxygen atoms in total. The van der Waals surface area contributed by atoms with E-state index < -0.39 is 16.0 Å². The zero-order chi connectivity index (χ0) is 23.8. The summed E-state index contributed by atoms with van der Waals surface area (Å²) in [4.78, 5) is 15.3. The van der Waals surface area contributed by atoms with Crippen molar-refractivity contribution >= 4 is 49.8 Å². The largest absolute Gasteiger partial charge is 0.481 e. The fourth-order valence-electron chi connectivity index (χ4n) is 3.45. The van der Waals surface area contributed by atoms with E-state index in [0.29, 0.717) is 24.9 Å². The van der Waals surface area contributed by atoms with Crippen LogP contribution in [0.5, 0.6) is 0 Å². The SMILES string of the molecule is CCc1cccc(/C(=C\CCCC(=O)O)c2cccnc2)c1NS(=O)(=O)c1ccc(I)cc1. The molecule has 172 valence electrons. The maximum Gasteiger partial charge on any atom is 0.303 e. The van der Waals surface area contributed by atoms with Gasteiger partial charge in [-0.25, -0.2) is 8.42 Å². The summed E-state index contributed by atoms with van der Waals surface area (Å²) in [6.45, 7) is 1.97. The molecule has 0 aliphatic rings. The molecule has 3 aromatic rings. The number of aryl methyl sites for hydroxylation is 1. The van der Waals surface area contributed by atoms with Crippen LogP contribution in [-0.4, -0.2) is 24.5 Å². The molecule has 3 rings (SSSR count). The van der Waals surface area contributed by atoms with E-state index in [2.05, 4.69) is 32.3 Å². The number of benzene rings is 2. The number of carboxylic acid groups (broad SMARTS) is 1. The lowest BCUT2D eigenvalue weighted by molar-refractivity contribution is -0.137. The summed E-state index contributed by atoms with van der Waals surface area (Å²) in [5, 5.41) is 8.97. The quantitative estimate of drug-likeness (QED) is 0.237. The number of hydrogen-bond acceptors (Lipinski definition) is 4. The van der Waals surface area contributed by atoms with Crippen molar-refractivity contribution in [3.8, 4) is 0 Å². The molecule has 0 amide bonds. The van der Waals surface area contributed by atoms with Gasteiger partial charge in [0.25, 0.3) is 10.0 Å². The highest BCUT2D eigenvalue weighted by molar-refractivity contribution is 14.1. The van der Waals surface area contributed by atoms with Crippen LogP contribution in [0.3, 0.4) is 0 Å². The number of hydrogen-bond donors (Lipinski definition) is 2. The van der Waals surface area contributed by atoms with E-state index in [1.807, 2.05) is 43.3 Å². The highest BCUT2D eigenvalue weighted by Crippen LogP contribution is 2.34. The van der Waals surface area contributed by atoms with Gasteiger partial charge in [0.05, 0.1) is 10.6 Å². The summed E-state index contributed by atoms with van der Waals surface area (Å²) in [6.07, 6.45) is 7.08. The minimum Gasteiger partial charge on any atom is -0.481 e. The van der Waals surface area contributed by atoms with E-state index in [-0.39, 0.29) is 11.3 Å². The Balaban J connectivity index is 2.09. The first-order valence-corrected chi connectivity index (χ1v) is 13.1. The molecule has 0 bridgehead atoms. The Morgan fingerprint density at radius 1 is 1.12 bits per heavy atom. The first-order valence-electron chi connectivity index (χ1n) is 10.5. The molecule has 0 saturated heterocycles. The van der Waals surface area contributed by atoms with Crippen LogP contribution in [-0.2, 0) is 21.2 Å². The summed E-state index contributed by atoms with van der Waals surface area (Å²) in [7, 11) is -3.81. The highest BCUT2D eigenvalue weighted by atomic mass is 127. The number of carboxylic acids is 1. The summed E-state index contributed by atoms with van der Waals surface area (Å²) in [5.41, 5.74) is 3.75. The van der Waals surface area contributed by atoms with Crippen molar-refractivity contribution in [2.45, 2.75) is 37.5 Å². The lowest BCUT2D eigenvalue weighted by Gasteiger charge is -2.19. The monoisotopic (exact) mass is 576 g/mol. The molecular formula is C25H25IN2O4S. The van der Waals surface area contributed by atoms with Crippen LogP contribution in [0.4, 0.5) is 5.69 Å². The molecule has 2 N–H and O–H groups in total. The van der Waals surface area contributed by atoms with Gasteiger partial charge in [-0.05, 0) is 83.3 Å². The van der Waals surface area contributed by atoms with Gasteiger partial charge in [0.2, 0.25) is 0 Å². The summed E-state index contributed by atoms with van der Waals surface area (Å²) in [5.74, 6) is -0.842. The van der Waals surface area contributed by atoms with Crippen LogP contribution in [0.25, 0.3) is 5.57 Å². The van der Waals surface area contributed by atoms with Crippen LogP contribution in [0.1, 0.15) is 42.9 Å². The second-order valence-corrected chi connectivity index (χ2v) is 10.3. The Kier molecular flexibility index (Phi) is 8.62. The van der Waals surface area contributed by atoms with Crippen molar-refractivity contribution in [2.75, 3.05) is 4.72 Å². The molecule has 33 heavy (non-hydrogen) atoms. The van der Waals surface area contributed by atoms with Gasteiger partial charge in [-0.3, -0.25) is 14.5 Å². The number of pyridine rings is 1. The van der Waals surface area contributed by atoms with Gasteiger partial charge in [0.15, 0.2) is 0 Å². The number of nitrogens with one attached hydrogen (secondary N) is 1. The van der Waals surface area contributed by atoms with Crippen molar-refractivity contribution in [3.63, 3.8) is 0 Å². The Morgan fingerprint density at radius 3 is 2.52 bits per heavy atom. The van der Waals surface area contributed by atoms with E-state index in [0.717, 1.165) is 25.8 Å². The van der Waals surface area contributed by atoms with Crippen molar-refractivity contribution in [2.24, 2.45) is 0 Å². The number of para-hydroxylation sites is 1. The summed E-state index contributed by atoms with van der Waals surface area (Å²) >= 11 is 2.13. The van der Waals surface area contributed by atoms with E-state index in [9.17, 15) is 13.2 Å². The van der Waals surface area contributed by atoms with Gasteiger partial charge in [0, 0.05) is 33.5 Å². The van der Waals surface area contributed by atoms with Crippen LogP contribution in [0, 0.1) is 3.57 Å². The van der Waals surface area contributed by atoms with Crippen LogP contribution in [0.2, 0.25) is 0 Å². The maximum atomic E-state index is 13.2. The third-order valence-electron chi connectivity index (χ3n) is 5.10. The van der Waals surface area contributed by atoms with Crippen molar-refractivity contribution < 1.29 is 18.3 Å². The Bertz CT molecular complexity index is 1240. The number of anilines is 1. The van der Waals surface area contributed by atoms with E-state index in [4.69, 9.17) is 5.11 Å². The normalized spacial score (nSPS) is 11.9. The lowest BCUT2D eigenvalue weighted by atomic mass is 9.93. The number of rotatable bonds is 10. The fraction of sp³-hybridized carbons (Fsp3) is 0.200. The molecule has 2 aromatic carbocycles. The van der Waals surface area contributed by atoms with Crippen LogP contribution < -0.4 is 4.72 Å². The number of carbonyl (C=O) groups is 1. The van der Waals surface area contributed by atoms with Gasteiger partial charge in [-0.1, -0.05) is 37.3 Å². The lowest BCUT2D eigenvalue weighted by Crippen LogP contribution is -2.16. The van der Waals surface area contributed by atoms with E-state index in [1.165, 1.54) is 0 Å². The predicted octanol–water partition coefficient (Wildman–Crippen LogP) is 5.74. The van der Waals surface area contributed by atoms with E-state index >= 15 is 0 Å². The first-order chi connectivity index (χ1) is 15.8. The van der Waals surface area contributed by atoms with Crippen molar-refractivity contribution in [3.05, 3.63) is 93.3 Å². The number of allylic oxidation sites excluding steroid dienone is 1. The zero-order valence-electron chi connectivity index (χ0n) is 18.2. The average Bonchev–Trinajstić information content (AvgIpc) is 2.80. The number of sulfonamides is 1. The molecule has 0 fully saturated rings. The van der Waals surface area contributed by atoms with Gasteiger partial charge >= 0.3 is 5.97 Å². The number of nitrogens with zero attached hydrogens (tertiary/aromatic N) is 1.